The highest BCUT2D eigenvalue weighted by Gasteiger charge is 2.36. The lowest BCUT2D eigenvalue weighted by atomic mass is 10.1. The van der Waals surface area contributed by atoms with Crippen LogP contribution in [0.15, 0.2) is 58.2 Å². The zero-order valence-electron chi connectivity index (χ0n) is 23.4. The Balaban J connectivity index is 1.65. The number of carbonyl (C=O) groups excluding carboxylic acids is 1. The highest BCUT2D eigenvalue weighted by molar-refractivity contribution is 9.10. The van der Waals surface area contributed by atoms with Gasteiger partial charge in [0.05, 0.1) is 33.6 Å². The molecule has 0 spiro atoms. The first-order valence-electron chi connectivity index (χ1n) is 12.9. The first-order chi connectivity index (χ1) is 20.5. The number of aryl methyl sites for hydroxylation is 1. The van der Waals surface area contributed by atoms with Crippen molar-refractivity contribution in [2.24, 2.45) is 0 Å². The lowest BCUT2D eigenvalue weighted by Crippen LogP contribution is -2.36. The minimum Gasteiger partial charge on any atom is -0.320 e. The van der Waals surface area contributed by atoms with Gasteiger partial charge in [0, 0.05) is 0 Å². The fourth-order valence-corrected chi connectivity index (χ4v) is 10.5. The van der Waals surface area contributed by atoms with Crippen molar-refractivity contribution in [1.29, 1.82) is 0 Å². The van der Waals surface area contributed by atoms with E-state index < -0.39 is 69.0 Å². The molecule has 4 aromatic rings. The summed E-state index contributed by atoms with van der Waals surface area (Å²) in [6, 6.07) is 8.69. The zero-order chi connectivity index (χ0) is 32.6. The number of anilines is 2. The molecule has 0 aliphatic rings. The van der Waals surface area contributed by atoms with E-state index >= 15 is 4.39 Å². The number of benzene rings is 2. The van der Waals surface area contributed by atoms with Gasteiger partial charge in [0.15, 0.2) is 25.9 Å². The van der Waals surface area contributed by atoms with Gasteiger partial charge in [0.25, 0.3) is 15.9 Å². The maximum atomic E-state index is 15.4. The minimum atomic E-state index is -4.71. The Morgan fingerprint density at radius 3 is 2.30 bits per heavy atom. The number of hydrogen-bond acceptors (Lipinski definition) is 9. The molecule has 12 nitrogen and oxygen atoms in total. The van der Waals surface area contributed by atoms with Gasteiger partial charge in [0.2, 0.25) is 10.0 Å². The van der Waals surface area contributed by atoms with Gasteiger partial charge >= 0.3 is 0 Å². The molecular formula is C26H26BrF2N5O7S3. The van der Waals surface area contributed by atoms with Gasteiger partial charge in [-0.05, 0) is 66.0 Å². The van der Waals surface area contributed by atoms with Crippen molar-refractivity contribution in [2.45, 2.75) is 43.1 Å². The molecule has 0 saturated carbocycles. The molecule has 1 unspecified atom stereocenters. The molecule has 0 aliphatic heterocycles. The van der Waals surface area contributed by atoms with E-state index in [1.165, 1.54) is 25.1 Å². The van der Waals surface area contributed by atoms with E-state index in [9.17, 15) is 34.4 Å². The third-order valence-electron chi connectivity index (χ3n) is 6.39. The van der Waals surface area contributed by atoms with Crippen LogP contribution in [0, 0.1) is 18.6 Å². The van der Waals surface area contributed by atoms with Crippen molar-refractivity contribution in [1.82, 2.24) is 14.2 Å². The highest BCUT2D eigenvalue weighted by Crippen LogP contribution is 2.29. The van der Waals surface area contributed by atoms with E-state index in [0.29, 0.717) is 10.2 Å². The fraction of sp³-hybridized carbons (Fsp3) is 0.269. The van der Waals surface area contributed by atoms with Crippen LogP contribution >= 0.6 is 15.9 Å². The monoisotopic (exact) mass is 733 g/mol. The number of nitrogens with one attached hydrogen (secondary N) is 2. The Hall–Kier alpha value is -3.48. The third kappa shape index (κ3) is 6.47. The molecule has 0 saturated heterocycles. The maximum absolute atomic E-state index is 15.4. The quantitative estimate of drug-likeness (QED) is 0.224. The molecule has 2 aromatic heterocycles. The fourth-order valence-electron chi connectivity index (χ4n) is 4.32. The second-order valence-electron chi connectivity index (χ2n) is 9.64. The molecule has 44 heavy (non-hydrogen) atoms. The first-order valence-corrected chi connectivity index (χ1v) is 18.4. The molecule has 0 bridgehead atoms. The van der Waals surface area contributed by atoms with Gasteiger partial charge in [-0.2, -0.15) is 8.42 Å². The second-order valence-corrected chi connectivity index (χ2v) is 16.6. The summed E-state index contributed by atoms with van der Waals surface area (Å²) in [5, 5.41) is 6.39. The zero-order valence-corrected chi connectivity index (χ0v) is 27.4. The SMILES string of the molecule is CCCS(=O)(=O)C(CC)S(=O)(=O)Nc1ccc(F)c(C(=O)Nc2cnc3c(c2)c(Br)nn3S(=O)(=O)c2ccc(C)cc2)c1F. The van der Waals surface area contributed by atoms with E-state index in [4.69, 9.17) is 0 Å². The van der Waals surface area contributed by atoms with E-state index in [-0.39, 0.29) is 39.1 Å². The predicted molar refractivity (Wildman–Crippen MR) is 164 cm³/mol. The Bertz CT molecular complexity index is 2090. The Morgan fingerprint density at radius 1 is 1.02 bits per heavy atom. The number of fused-ring (bicyclic) bond motifs is 1. The molecule has 1 atom stereocenters. The Labute approximate surface area is 261 Å². The number of rotatable bonds is 11. The minimum absolute atomic E-state index is 0.0454. The van der Waals surface area contributed by atoms with Crippen LogP contribution in [0.1, 0.15) is 42.6 Å². The number of sulfonamides is 1. The molecule has 18 heteroatoms. The van der Waals surface area contributed by atoms with Crippen LogP contribution in [0.4, 0.5) is 20.2 Å². The van der Waals surface area contributed by atoms with Crippen LogP contribution in [-0.2, 0) is 29.9 Å². The molecule has 2 aromatic carbocycles. The van der Waals surface area contributed by atoms with Crippen molar-refractivity contribution in [3.05, 3.63) is 76.0 Å². The Morgan fingerprint density at radius 2 is 1.68 bits per heavy atom. The van der Waals surface area contributed by atoms with Gasteiger partial charge < -0.3 is 5.32 Å². The van der Waals surface area contributed by atoms with E-state index in [2.05, 4.69) is 31.3 Å². The summed E-state index contributed by atoms with van der Waals surface area (Å²) in [6.07, 6.45) is 0.869. The number of halogens is 3. The highest BCUT2D eigenvalue weighted by atomic mass is 79.9. The predicted octanol–water partition coefficient (Wildman–Crippen LogP) is 4.57. The lowest BCUT2D eigenvalue weighted by Gasteiger charge is -2.18. The van der Waals surface area contributed by atoms with Crippen LogP contribution in [0.2, 0.25) is 0 Å². The standard InChI is InChI=1S/C26H26BrF2N5O7S3/c1-4-12-42(36,37)21(5-2)43(38,39)33-20-11-10-19(28)22(23(20)29)26(35)31-16-13-18-24(27)32-34(25(18)30-14-16)44(40,41)17-8-6-15(3)7-9-17/h6-11,13-14,21,33H,4-5,12H2,1-3H3,(H,31,35). The average Bonchev–Trinajstić information content (AvgIpc) is 3.27. The van der Waals surface area contributed by atoms with E-state index in [1.807, 2.05) is 4.72 Å². The van der Waals surface area contributed by atoms with Gasteiger partial charge in [-0.1, -0.05) is 31.5 Å². The number of sulfone groups is 1. The summed E-state index contributed by atoms with van der Waals surface area (Å²) in [5.74, 6) is -4.66. The summed E-state index contributed by atoms with van der Waals surface area (Å²) in [6.45, 7) is 4.69. The number of nitrogens with zero attached hydrogens (tertiary/aromatic N) is 3. The molecule has 0 aliphatic carbocycles. The van der Waals surface area contributed by atoms with Crippen molar-refractivity contribution in [3.63, 3.8) is 0 Å². The molecular weight excluding hydrogens is 708 g/mol. The van der Waals surface area contributed by atoms with Crippen LogP contribution in [0.25, 0.3) is 11.0 Å². The van der Waals surface area contributed by atoms with Gasteiger partial charge in [0.1, 0.15) is 16.0 Å². The average molecular weight is 735 g/mol. The van der Waals surface area contributed by atoms with Gasteiger partial charge in [-0.15, -0.1) is 9.19 Å². The van der Waals surface area contributed by atoms with Crippen LogP contribution in [0.5, 0.6) is 0 Å². The van der Waals surface area contributed by atoms with E-state index in [1.54, 1.807) is 26.0 Å². The summed E-state index contributed by atoms with van der Waals surface area (Å²) >= 11 is 3.16. The molecule has 0 fully saturated rings. The molecule has 236 valence electrons. The first kappa shape index (κ1) is 33.4. The molecule has 2 N–H and O–H groups in total. The van der Waals surface area contributed by atoms with E-state index in [0.717, 1.165) is 17.8 Å². The molecule has 2 heterocycles. The summed E-state index contributed by atoms with van der Waals surface area (Å²) < 4.78 is 108. The summed E-state index contributed by atoms with van der Waals surface area (Å²) in [5.41, 5.74) is -1.35. The topological polar surface area (TPSA) is 174 Å². The number of aromatic nitrogens is 3. The molecule has 0 radical (unpaired) electrons. The maximum Gasteiger partial charge on any atom is 0.284 e. The largest absolute Gasteiger partial charge is 0.320 e. The van der Waals surface area contributed by atoms with Crippen molar-refractivity contribution in [3.8, 4) is 0 Å². The summed E-state index contributed by atoms with van der Waals surface area (Å²) in [4.78, 5) is 17.0. The van der Waals surface area contributed by atoms with Crippen LogP contribution in [-0.4, -0.2) is 55.7 Å². The van der Waals surface area contributed by atoms with Crippen molar-refractivity contribution >= 4 is 74.1 Å². The van der Waals surface area contributed by atoms with Crippen LogP contribution in [0.3, 0.4) is 0 Å². The summed E-state index contributed by atoms with van der Waals surface area (Å²) in [7, 11) is -13.0. The molecule has 1 amide bonds. The number of amides is 1. The smallest absolute Gasteiger partial charge is 0.284 e. The number of carbonyl (C=O) groups is 1. The second kappa shape index (κ2) is 12.5. The van der Waals surface area contributed by atoms with Crippen molar-refractivity contribution < 1.29 is 38.8 Å². The number of pyridine rings is 1. The lowest BCUT2D eigenvalue weighted by molar-refractivity contribution is 0.101. The van der Waals surface area contributed by atoms with Crippen LogP contribution < -0.4 is 10.0 Å². The normalized spacial score (nSPS) is 13.1. The third-order valence-corrected chi connectivity index (χ3v) is 13.8. The Kier molecular flexibility index (Phi) is 9.48. The van der Waals surface area contributed by atoms with Crippen molar-refractivity contribution in [2.75, 3.05) is 15.8 Å². The van der Waals surface area contributed by atoms with Gasteiger partial charge in [-0.3, -0.25) is 9.52 Å². The molecule has 4 rings (SSSR count). The number of hydrogen-bond donors (Lipinski definition) is 2. The van der Waals surface area contributed by atoms with Gasteiger partial charge in [-0.25, -0.2) is 30.6 Å².